The summed E-state index contributed by atoms with van der Waals surface area (Å²) in [6.45, 7) is 0. The lowest BCUT2D eigenvalue weighted by Crippen LogP contribution is -2.40. The molecule has 4 heteroatoms. The Morgan fingerprint density at radius 1 is 0.900 bits per heavy atom. The van der Waals surface area contributed by atoms with Crippen molar-refractivity contribution in [1.29, 1.82) is 0 Å². The Morgan fingerprint density at radius 3 is 2.15 bits per heavy atom. The lowest BCUT2D eigenvalue weighted by Gasteiger charge is -2.17. The number of carbonyl (C=O) groups excluding carboxylic acids is 1. The molecule has 3 rings (SSSR count). The molecule has 1 aliphatic rings. The van der Waals surface area contributed by atoms with Gasteiger partial charge in [-0.15, -0.1) is 0 Å². The van der Waals surface area contributed by atoms with E-state index in [2.05, 4.69) is 10.9 Å². The van der Waals surface area contributed by atoms with Crippen LogP contribution in [0.2, 0.25) is 0 Å². The maximum Gasteiger partial charge on any atom is 0.183 e. The van der Waals surface area contributed by atoms with Crippen LogP contribution >= 0.6 is 0 Å². The second-order valence-corrected chi connectivity index (χ2v) is 4.88. The summed E-state index contributed by atoms with van der Waals surface area (Å²) in [7, 11) is 0. The van der Waals surface area contributed by atoms with Crippen molar-refractivity contribution >= 4 is 5.78 Å². The molecule has 1 aliphatic heterocycles. The van der Waals surface area contributed by atoms with Gasteiger partial charge in [-0.25, -0.2) is 10.9 Å². The Bertz CT molecular complexity index is 586. The van der Waals surface area contributed by atoms with Crippen molar-refractivity contribution in [2.24, 2.45) is 0 Å². The second-order valence-electron chi connectivity index (χ2n) is 4.88. The highest BCUT2D eigenvalue weighted by atomic mass is 16.3. The van der Waals surface area contributed by atoms with E-state index in [0.29, 0.717) is 5.56 Å². The van der Waals surface area contributed by atoms with E-state index < -0.39 is 12.1 Å². The number of hydrogen-bond donors (Lipinski definition) is 3. The third-order valence-electron chi connectivity index (χ3n) is 3.58. The van der Waals surface area contributed by atoms with Crippen molar-refractivity contribution in [2.45, 2.75) is 18.2 Å². The van der Waals surface area contributed by atoms with Gasteiger partial charge < -0.3 is 5.11 Å². The van der Waals surface area contributed by atoms with Crippen LogP contribution in [0.5, 0.6) is 0 Å². The zero-order valence-electron chi connectivity index (χ0n) is 10.9. The van der Waals surface area contributed by atoms with Crippen LogP contribution in [0.4, 0.5) is 0 Å². The Morgan fingerprint density at radius 2 is 1.50 bits per heavy atom. The summed E-state index contributed by atoms with van der Waals surface area (Å²) >= 11 is 0. The molecule has 1 heterocycles. The fraction of sp³-hybridized carbons (Fsp3) is 0.188. The van der Waals surface area contributed by atoms with Crippen molar-refractivity contribution < 1.29 is 9.90 Å². The molecule has 1 saturated heterocycles. The summed E-state index contributed by atoms with van der Waals surface area (Å²) in [5.41, 5.74) is 7.46. The second kappa shape index (κ2) is 5.54. The average molecular weight is 268 g/mol. The summed E-state index contributed by atoms with van der Waals surface area (Å²) in [6, 6.07) is 17.7. The van der Waals surface area contributed by atoms with Gasteiger partial charge >= 0.3 is 0 Å². The van der Waals surface area contributed by atoms with E-state index >= 15 is 0 Å². The van der Waals surface area contributed by atoms with Crippen LogP contribution in [-0.4, -0.2) is 23.0 Å². The minimum Gasteiger partial charge on any atom is -0.389 e. The first-order valence-electron chi connectivity index (χ1n) is 6.61. The molecule has 2 aromatic carbocycles. The van der Waals surface area contributed by atoms with Gasteiger partial charge in [0.15, 0.2) is 5.78 Å². The molecular weight excluding hydrogens is 252 g/mol. The molecule has 3 N–H and O–H groups in total. The number of aliphatic hydroxyl groups is 1. The van der Waals surface area contributed by atoms with Gasteiger partial charge in [-0.05, 0) is 5.56 Å². The zero-order valence-corrected chi connectivity index (χ0v) is 10.9. The van der Waals surface area contributed by atoms with Gasteiger partial charge in [0, 0.05) is 5.56 Å². The van der Waals surface area contributed by atoms with E-state index in [4.69, 9.17) is 0 Å². The van der Waals surface area contributed by atoms with E-state index in [1.54, 1.807) is 12.1 Å². The van der Waals surface area contributed by atoms with Crippen LogP contribution in [0.25, 0.3) is 0 Å². The van der Waals surface area contributed by atoms with Crippen LogP contribution in [0.15, 0.2) is 60.7 Å². The molecule has 0 bridgehead atoms. The minimum atomic E-state index is -0.801. The topological polar surface area (TPSA) is 61.4 Å². The molecule has 3 unspecified atom stereocenters. The van der Waals surface area contributed by atoms with Crippen LogP contribution in [0.1, 0.15) is 22.0 Å². The largest absolute Gasteiger partial charge is 0.389 e. The maximum absolute atomic E-state index is 12.4. The van der Waals surface area contributed by atoms with Crippen LogP contribution in [-0.2, 0) is 0 Å². The highest BCUT2D eigenvalue weighted by Crippen LogP contribution is 2.24. The Labute approximate surface area is 117 Å². The molecule has 0 spiro atoms. The van der Waals surface area contributed by atoms with E-state index in [0.717, 1.165) is 5.56 Å². The number of ketones is 1. The number of hydrogen-bond acceptors (Lipinski definition) is 4. The molecule has 4 nitrogen and oxygen atoms in total. The molecule has 0 aliphatic carbocycles. The molecule has 20 heavy (non-hydrogen) atoms. The monoisotopic (exact) mass is 268 g/mol. The van der Waals surface area contributed by atoms with Crippen LogP contribution < -0.4 is 10.9 Å². The Hall–Kier alpha value is -2.01. The molecule has 1 fully saturated rings. The summed E-state index contributed by atoms with van der Waals surface area (Å²) in [6.07, 6.45) is -0.801. The molecule has 0 aromatic heterocycles. The highest BCUT2D eigenvalue weighted by molar-refractivity contribution is 6.00. The lowest BCUT2D eigenvalue weighted by atomic mass is 9.94. The normalized spacial score (nSPS) is 25.6. The van der Waals surface area contributed by atoms with Crippen LogP contribution in [0.3, 0.4) is 0 Å². The van der Waals surface area contributed by atoms with Gasteiger partial charge in [-0.3, -0.25) is 4.79 Å². The minimum absolute atomic E-state index is 0.107. The van der Waals surface area contributed by atoms with Crippen LogP contribution in [0, 0.1) is 0 Å². The van der Waals surface area contributed by atoms with Gasteiger partial charge in [0.2, 0.25) is 0 Å². The van der Waals surface area contributed by atoms with Crippen molar-refractivity contribution in [3.8, 4) is 0 Å². The first-order valence-corrected chi connectivity index (χ1v) is 6.61. The fourth-order valence-corrected chi connectivity index (χ4v) is 2.49. The zero-order chi connectivity index (χ0) is 13.9. The quantitative estimate of drug-likeness (QED) is 0.737. The summed E-state index contributed by atoms with van der Waals surface area (Å²) in [5.74, 6) is -0.107. The third kappa shape index (κ3) is 2.36. The number of Topliss-reactive ketones (excluding diaryl/α,β-unsaturated/α-hetero) is 1. The molecular formula is C16H16N2O2. The highest BCUT2D eigenvalue weighted by Gasteiger charge is 2.39. The lowest BCUT2D eigenvalue weighted by molar-refractivity contribution is 0.0820. The standard InChI is InChI=1S/C16H16N2O2/c19-15(12-9-5-2-6-10-12)14-16(20)13(17-18-14)11-7-3-1-4-8-11/h1-10,13-14,16-18,20H. The molecule has 0 radical (unpaired) electrons. The molecule has 2 aromatic rings. The third-order valence-corrected chi connectivity index (χ3v) is 3.58. The smallest absolute Gasteiger partial charge is 0.183 e. The summed E-state index contributed by atoms with van der Waals surface area (Å²) < 4.78 is 0. The van der Waals surface area contributed by atoms with Crippen molar-refractivity contribution in [2.75, 3.05) is 0 Å². The number of carbonyl (C=O) groups is 1. The van der Waals surface area contributed by atoms with Crippen molar-refractivity contribution in [3.05, 3.63) is 71.8 Å². The van der Waals surface area contributed by atoms with Gasteiger partial charge in [0.05, 0.1) is 12.1 Å². The van der Waals surface area contributed by atoms with Gasteiger partial charge in [0.1, 0.15) is 6.04 Å². The van der Waals surface area contributed by atoms with E-state index in [9.17, 15) is 9.90 Å². The maximum atomic E-state index is 12.4. The van der Waals surface area contributed by atoms with Crippen molar-refractivity contribution in [3.63, 3.8) is 0 Å². The number of aliphatic hydroxyl groups excluding tert-OH is 1. The number of rotatable bonds is 3. The van der Waals surface area contributed by atoms with Gasteiger partial charge in [-0.1, -0.05) is 60.7 Å². The predicted octanol–water partition coefficient (Wildman–Crippen LogP) is 1.45. The predicted molar refractivity (Wildman–Crippen MR) is 76.0 cm³/mol. The molecule has 102 valence electrons. The van der Waals surface area contributed by atoms with Gasteiger partial charge in [0.25, 0.3) is 0 Å². The average Bonchev–Trinajstić information content (AvgIpc) is 2.90. The van der Waals surface area contributed by atoms with Crippen molar-refractivity contribution in [1.82, 2.24) is 10.9 Å². The Balaban J connectivity index is 1.79. The first-order chi connectivity index (χ1) is 9.77. The molecule has 3 atom stereocenters. The number of nitrogens with one attached hydrogen (secondary N) is 2. The van der Waals surface area contributed by atoms with E-state index in [1.165, 1.54) is 0 Å². The van der Waals surface area contributed by atoms with E-state index in [-0.39, 0.29) is 11.8 Å². The SMILES string of the molecule is O=C(c1ccccc1)C1NNC(c2ccccc2)C1O. The number of benzene rings is 2. The first kappa shape index (κ1) is 13.0. The molecule has 0 saturated carbocycles. The van der Waals surface area contributed by atoms with Gasteiger partial charge in [-0.2, -0.15) is 0 Å². The van der Waals surface area contributed by atoms with E-state index in [1.807, 2.05) is 48.5 Å². The Kier molecular flexibility index (Phi) is 3.60. The summed E-state index contributed by atoms with van der Waals surface area (Å²) in [4.78, 5) is 12.4. The number of hydrazine groups is 1. The summed E-state index contributed by atoms with van der Waals surface area (Å²) in [5, 5.41) is 10.4. The fourth-order valence-electron chi connectivity index (χ4n) is 2.49. The molecule has 0 amide bonds.